The van der Waals surface area contributed by atoms with Gasteiger partial charge in [-0.05, 0) is 5.57 Å². The molecule has 0 atom stereocenters. The number of allylic oxidation sites excluding steroid dienone is 8. The Morgan fingerprint density at radius 1 is 0.933 bits per heavy atom. The quantitative estimate of drug-likeness (QED) is 0.507. The Kier molecular flexibility index (Phi) is 6.39. The molecule has 0 aliphatic heterocycles. The second-order valence-corrected chi connectivity index (χ2v) is 2.72. The lowest BCUT2D eigenvalue weighted by Gasteiger charge is -2.05. The molecule has 0 aromatic carbocycles. The zero-order chi connectivity index (χ0) is 11.7. The molecule has 0 saturated heterocycles. The van der Waals surface area contributed by atoms with Crippen molar-refractivity contribution in [3.63, 3.8) is 0 Å². The molecule has 0 radical (unpaired) electrons. The minimum atomic E-state index is -0.00304. The van der Waals surface area contributed by atoms with E-state index >= 15 is 0 Å². The van der Waals surface area contributed by atoms with E-state index in [2.05, 4.69) is 26.3 Å². The van der Waals surface area contributed by atoms with Gasteiger partial charge in [0, 0.05) is 5.57 Å². The number of hydrogen-bond acceptors (Lipinski definition) is 1. The largest absolute Gasteiger partial charge is 0.508 e. The van der Waals surface area contributed by atoms with Gasteiger partial charge in [-0.1, -0.05) is 68.8 Å². The van der Waals surface area contributed by atoms with Crippen molar-refractivity contribution in [1.29, 1.82) is 0 Å². The van der Waals surface area contributed by atoms with Crippen LogP contribution in [0.25, 0.3) is 0 Å². The summed E-state index contributed by atoms with van der Waals surface area (Å²) < 4.78 is 0. The Bertz CT molecular complexity index is 352. The first kappa shape index (κ1) is 13.0. The maximum atomic E-state index is 9.39. The summed E-state index contributed by atoms with van der Waals surface area (Å²) in [5.74, 6) is -0.00304. The standard InChI is InChI=1S/C14H16O/c1-5-8-11-13(9-6-2)14(10-7-3)12(4)15/h5-11,15H,1-4H2/b11-8-,13-9-,14-10-. The van der Waals surface area contributed by atoms with Gasteiger partial charge in [0.25, 0.3) is 0 Å². The van der Waals surface area contributed by atoms with Gasteiger partial charge in [0.2, 0.25) is 0 Å². The average Bonchev–Trinajstić information content (AvgIpc) is 2.21. The molecule has 0 aliphatic rings. The van der Waals surface area contributed by atoms with E-state index in [1.807, 2.05) is 6.08 Å². The first-order chi connectivity index (χ1) is 7.17. The van der Waals surface area contributed by atoms with Crippen LogP contribution < -0.4 is 0 Å². The minimum Gasteiger partial charge on any atom is -0.508 e. The summed E-state index contributed by atoms with van der Waals surface area (Å²) in [4.78, 5) is 0. The average molecular weight is 200 g/mol. The van der Waals surface area contributed by atoms with Crippen molar-refractivity contribution in [2.75, 3.05) is 0 Å². The molecular weight excluding hydrogens is 184 g/mol. The zero-order valence-electron chi connectivity index (χ0n) is 8.82. The Balaban J connectivity index is 5.29. The van der Waals surface area contributed by atoms with E-state index in [9.17, 15) is 5.11 Å². The summed E-state index contributed by atoms with van der Waals surface area (Å²) in [6.07, 6.45) is 11.9. The molecular formula is C14H16O. The molecule has 0 rings (SSSR count). The first-order valence-corrected chi connectivity index (χ1v) is 4.50. The van der Waals surface area contributed by atoms with Crippen LogP contribution in [0.1, 0.15) is 0 Å². The predicted molar refractivity (Wildman–Crippen MR) is 67.7 cm³/mol. The van der Waals surface area contributed by atoms with Crippen LogP contribution in [0.3, 0.4) is 0 Å². The van der Waals surface area contributed by atoms with Gasteiger partial charge in [-0.25, -0.2) is 0 Å². The molecule has 0 amide bonds. The molecule has 0 aromatic rings. The van der Waals surface area contributed by atoms with Crippen molar-refractivity contribution in [3.8, 4) is 0 Å². The number of aliphatic hydroxyl groups is 1. The topological polar surface area (TPSA) is 20.2 Å². The Labute approximate surface area is 91.5 Å². The highest BCUT2D eigenvalue weighted by Gasteiger charge is 2.03. The Hall–Kier alpha value is -2.02. The first-order valence-electron chi connectivity index (χ1n) is 4.50. The Morgan fingerprint density at radius 3 is 1.93 bits per heavy atom. The molecule has 1 heteroatoms. The summed E-state index contributed by atoms with van der Waals surface area (Å²) in [6, 6.07) is 0. The van der Waals surface area contributed by atoms with Gasteiger partial charge in [0.05, 0.1) is 0 Å². The molecule has 0 bridgehead atoms. The Morgan fingerprint density at radius 2 is 1.53 bits per heavy atom. The number of hydrogen-bond donors (Lipinski definition) is 1. The highest BCUT2D eigenvalue weighted by atomic mass is 16.3. The van der Waals surface area contributed by atoms with Gasteiger partial charge >= 0.3 is 0 Å². The summed E-state index contributed by atoms with van der Waals surface area (Å²) in [5.41, 5.74) is 1.42. The second kappa shape index (κ2) is 7.39. The fourth-order valence-electron chi connectivity index (χ4n) is 1.01. The third-order valence-corrected chi connectivity index (χ3v) is 1.62. The summed E-state index contributed by atoms with van der Waals surface area (Å²) >= 11 is 0. The maximum absolute atomic E-state index is 9.39. The van der Waals surface area contributed by atoms with E-state index in [0.717, 1.165) is 5.57 Å². The maximum Gasteiger partial charge on any atom is 0.116 e. The predicted octanol–water partition coefficient (Wildman–Crippen LogP) is 4.03. The summed E-state index contributed by atoms with van der Waals surface area (Å²) in [5, 5.41) is 9.39. The van der Waals surface area contributed by atoms with Crippen molar-refractivity contribution in [1.82, 2.24) is 0 Å². The van der Waals surface area contributed by atoms with Crippen molar-refractivity contribution in [2.45, 2.75) is 0 Å². The zero-order valence-corrected chi connectivity index (χ0v) is 8.82. The lowest BCUT2D eigenvalue weighted by Crippen LogP contribution is -1.90. The van der Waals surface area contributed by atoms with Crippen molar-refractivity contribution in [2.24, 2.45) is 0 Å². The minimum absolute atomic E-state index is 0.00304. The summed E-state index contributed by atoms with van der Waals surface area (Å²) in [7, 11) is 0. The van der Waals surface area contributed by atoms with Gasteiger partial charge in [0.15, 0.2) is 0 Å². The van der Waals surface area contributed by atoms with Crippen LogP contribution in [0, 0.1) is 0 Å². The van der Waals surface area contributed by atoms with Crippen LogP contribution in [-0.2, 0) is 0 Å². The van der Waals surface area contributed by atoms with Crippen molar-refractivity contribution >= 4 is 0 Å². The molecule has 0 saturated carbocycles. The van der Waals surface area contributed by atoms with Crippen LogP contribution in [-0.4, -0.2) is 5.11 Å². The molecule has 78 valence electrons. The summed E-state index contributed by atoms with van der Waals surface area (Å²) in [6.45, 7) is 14.3. The third kappa shape index (κ3) is 4.67. The van der Waals surface area contributed by atoms with Gasteiger partial charge in [-0.15, -0.1) is 0 Å². The van der Waals surface area contributed by atoms with Gasteiger partial charge < -0.3 is 5.11 Å². The lowest BCUT2D eigenvalue weighted by molar-refractivity contribution is 0.428. The van der Waals surface area contributed by atoms with E-state index in [1.54, 1.807) is 36.5 Å². The van der Waals surface area contributed by atoms with Gasteiger partial charge in [0.1, 0.15) is 5.76 Å². The van der Waals surface area contributed by atoms with Crippen LogP contribution in [0.4, 0.5) is 0 Å². The van der Waals surface area contributed by atoms with Gasteiger partial charge in [-0.2, -0.15) is 0 Å². The van der Waals surface area contributed by atoms with E-state index in [1.165, 1.54) is 0 Å². The highest BCUT2D eigenvalue weighted by molar-refractivity contribution is 5.51. The SMILES string of the molecule is C=C\C=C/C(=C/C=C)C(=C\C=C)/C(=C)O. The molecule has 0 unspecified atom stereocenters. The fraction of sp³-hybridized carbons (Fsp3) is 0. The molecule has 0 aromatic heterocycles. The molecule has 15 heavy (non-hydrogen) atoms. The van der Waals surface area contributed by atoms with Crippen LogP contribution in [0.15, 0.2) is 85.8 Å². The molecule has 0 fully saturated rings. The molecule has 0 heterocycles. The van der Waals surface area contributed by atoms with Crippen LogP contribution in [0.2, 0.25) is 0 Å². The molecule has 0 aliphatic carbocycles. The lowest BCUT2D eigenvalue weighted by atomic mass is 10.0. The van der Waals surface area contributed by atoms with E-state index in [-0.39, 0.29) is 5.76 Å². The van der Waals surface area contributed by atoms with Crippen LogP contribution in [0.5, 0.6) is 0 Å². The monoisotopic (exact) mass is 200 g/mol. The number of aliphatic hydroxyl groups excluding tert-OH is 1. The van der Waals surface area contributed by atoms with Crippen molar-refractivity contribution in [3.05, 3.63) is 85.8 Å². The van der Waals surface area contributed by atoms with E-state index in [0.29, 0.717) is 5.57 Å². The highest BCUT2D eigenvalue weighted by Crippen LogP contribution is 2.18. The smallest absolute Gasteiger partial charge is 0.116 e. The molecule has 1 N–H and O–H groups in total. The molecule has 1 nitrogen and oxygen atoms in total. The van der Waals surface area contributed by atoms with Crippen LogP contribution >= 0.6 is 0 Å². The van der Waals surface area contributed by atoms with Crippen molar-refractivity contribution < 1.29 is 5.11 Å². The fourth-order valence-corrected chi connectivity index (χ4v) is 1.01. The van der Waals surface area contributed by atoms with Gasteiger partial charge in [-0.3, -0.25) is 0 Å². The number of rotatable bonds is 6. The normalized spacial score (nSPS) is 12.5. The third-order valence-electron chi connectivity index (χ3n) is 1.62. The second-order valence-electron chi connectivity index (χ2n) is 2.72. The van der Waals surface area contributed by atoms with E-state index < -0.39 is 0 Å². The van der Waals surface area contributed by atoms with E-state index in [4.69, 9.17) is 0 Å². The molecule has 0 spiro atoms.